The number of hydrogen-bond donors (Lipinski definition) is 2. The Kier molecular flexibility index (Phi) is 4.34. The largest absolute Gasteiger partial charge is 0.313 e. The summed E-state index contributed by atoms with van der Waals surface area (Å²) < 4.78 is 1.91. The summed E-state index contributed by atoms with van der Waals surface area (Å²) in [5.41, 5.74) is 1.96. The van der Waals surface area contributed by atoms with Gasteiger partial charge in [0.2, 0.25) is 5.91 Å². The van der Waals surface area contributed by atoms with Gasteiger partial charge in [-0.2, -0.15) is 5.10 Å². The molecule has 1 aromatic heterocycles. The number of aromatic nitrogens is 2. The van der Waals surface area contributed by atoms with Crippen molar-refractivity contribution >= 4 is 11.7 Å². The predicted octanol–water partition coefficient (Wildman–Crippen LogP) is 3.46. The van der Waals surface area contributed by atoms with Crippen LogP contribution in [0.2, 0.25) is 0 Å². The topological polar surface area (TPSA) is 59.0 Å². The lowest BCUT2D eigenvalue weighted by Crippen LogP contribution is -2.53. The van der Waals surface area contributed by atoms with Crippen LogP contribution in [0.1, 0.15) is 39.2 Å². The van der Waals surface area contributed by atoms with Crippen LogP contribution in [0, 0.1) is 11.8 Å². The molecule has 5 rings (SSSR count). The second-order valence-corrected chi connectivity index (χ2v) is 7.61. The highest BCUT2D eigenvalue weighted by molar-refractivity contribution is 5.93. The lowest BCUT2D eigenvalue weighted by molar-refractivity contribution is -0.123. The Balaban J connectivity index is 1.57. The van der Waals surface area contributed by atoms with Crippen LogP contribution < -0.4 is 10.6 Å². The molecule has 3 fully saturated rings. The van der Waals surface area contributed by atoms with Gasteiger partial charge in [-0.05, 0) is 45.6 Å². The number of anilines is 1. The maximum absolute atomic E-state index is 12.9. The van der Waals surface area contributed by atoms with E-state index in [1.54, 1.807) is 0 Å². The summed E-state index contributed by atoms with van der Waals surface area (Å²) in [4.78, 5) is 12.9. The van der Waals surface area contributed by atoms with Crippen LogP contribution in [0.15, 0.2) is 36.4 Å². The van der Waals surface area contributed by atoms with E-state index in [-0.39, 0.29) is 17.9 Å². The first kappa shape index (κ1) is 16.3. The molecular weight excluding hydrogens is 312 g/mol. The van der Waals surface area contributed by atoms with E-state index < -0.39 is 0 Å². The lowest BCUT2D eigenvalue weighted by atomic mass is 9.73. The number of benzene rings is 1. The van der Waals surface area contributed by atoms with Gasteiger partial charge in [0.15, 0.2) is 0 Å². The summed E-state index contributed by atoms with van der Waals surface area (Å²) in [6, 6.07) is 12.6. The molecule has 0 radical (unpaired) electrons. The first-order valence-electron chi connectivity index (χ1n) is 9.31. The zero-order valence-corrected chi connectivity index (χ0v) is 14.9. The van der Waals surface area contributed by atoms with Crippen LogP contribution in [-0.4, -0.2) is 28.3 Å². The van der Waals surface area contributed by atoms with Crippen molar-refractivity contribution in [3.05, 3.63) is 36.4 Å². The lowest BCUT2D eigenvalue weighted by Gasteiger charge is -2.42. The van der Waals surface area contributed by atoms with Gasteiger partial charge in [-0.25, -0.2) is 4.68 Å². The van der Waals surface area contributed by atoms with Gasteiger partial charge in [0.05, 0.1) is 11.6 Å². The molecule has 1 aliphatic carbocycles. The Hall–Kier alpha value is -2.14. The van der Waals surface area contributed by atoms with E-state index in [0.29, 0.717) is 12.0 Å². The number of rotatable bonds is 4. The molecule has 0 unspecified atom stereocenters. The third-order valence-electron chi connectivity index (χ3n) is 5.51. The number of amides is 1. The molecule has 1 amide bonds. The van der Waals surface area contributed by atoms with Gasteiger partial charge in [-0.1, -0.05) is 30.3 Å². The quantitative estimate of drug-likeness (QED) is 0.897. The summed E-state index contributed by atoms with van der Waals surface area (Å²) in [5, 5.41) is 11.4. The average molecular weight is 338 g/mol. The minimum absolute atomic E-state index is 0.0724. The molecule has 5 heteroatoms. The maximum Gasteiger partial charge on any atom is 0.230 e. The van der Waals surface area contributed by atoms with Crippen molar-refractivity contribution in [1.82, 2.24) is 15.1 Å². The summed E-state index contributed by atoms with van der Waals surface area (Å²) in [6.07, 6.45) is 3.37. The van der Waals surface area contributed by atoms with Crippen molar-refractivity contribution in [1.29, 1.82) is 0 Å². The fraction of sp³-hybridized carbons (Fsp3) is 0.500. The van der Waals surface area contributed by atoms with Crippen LogP contribution in [0.3, 0.4) is 0 Å². The number of carbonyl (C=O) groups is 1. The van der Waals surface area contributed by atoms with Crippen molar-refractivity contribution in [3.63, 3.8) is 0 Å². The minimum Gasteiger partial charge on any atom is -0.313 e. The summed E-state index contributed by atoms with van der Waals surface area (Å²) in [6.45, 7) is 5.24. The zero-order chi connectivity index (χ0) is 17.4. The van der Waals surface area contributed by atoms with Gasteiger partial charge in [0.25, 0.3) is 0 Å². The van der Waals surface area contributed by atoms with Gasteiger partial charge >= 0.3 is 0 Å². The van der Waals surface area contributed by atoms with E-state index in [0.717, 1.165) is 36.5 Å². The minimum atomic E-state index is 0.0724. The van der Waals surface area contributed by atoms with Crippen molar-refractivity contribution in [2.24, 2.45) is 11.8 Å². The molecule has 25 heavy (non-hydrogen) atoms. The number of fused-ring (bicyclic) bond motifs is 3. The van der Waals surface area contributed by atoms with Crippen molar-refractivity contribution in [3.8, 4) is 11.3 Å². The van der Waals surface area contributed by atoms with Gasteiger partial charge < -0.3 is 10.6 Å². The number of carbonyl (C=O) groups excluding carboxylic acids is 1. The number of hydrogen-bond acceptors (Lipinski definition) is 3. The molecule has 2 bridgehead atoms. The summed E-state index contributed by atoms with van der Waals surface area (Å²) in [5.74, 6) is 1.64. The normalized spacial score (nSPS) is 25.3. The molecule has 3 aliphatic rings. The SMILES string of the molecule is CC(C)n1nc(-c2ccccc2)cc1NC(=O)[C@H]1C[C@H]2CC[C@H]1NC2. The van der Waals surface area contributed by atoms with E-state index in [1.165, 1.54) is 6.42 Å². The second-order valence-electron chi connectivity index (χ2n) is 7.61. The molecular formula is C20H26N4O. The molecule has 132 valence electrons. The second kappa shape index (κ2) is 6.64. The molecule has 2 saturated heterocycles. The third kappa shape index (κ3) is 3.21. The first-order valence-corrected chi connectivity index (χ1v) is 9.31. The van der Waals surface area contributed by atoms with E-state index in [4.69, 9.17) is 5.10 Å². The highest BCUT2D eigenvalue weighted by Gasteiger charge is 2.39. The zero-order valence-electron chi connectivity index (χ0n) is 14.9. The van der Waals surface area contributed by atoms with Crippen LogP contribution in [0.25, 0.3) is 11.3 Å². The van der Waals surface area contributed by atoms with E-state index >= 15 is 0 Å². The Labute approximate surface area is 148 Å². The summed E-state index contributed by atoms with van der Waals surface area (Å²) in [7, 11) is 0. The smallest absolute Gasteiger partial charge is 0.230 e. The fourth-order valence-electron chi connectivity index (χ4n) is 4.15. The van der Waals surface area contributed by atoms with Crippen molar-refractivity contribution < 1.29 is 4.79 Å². The van der Waals surface area contributed by atoms with E-state index in [1.807, 2.05) is 41.1 Å². The Morgan fingerprint density at radius 2 is 2.08 bits per heavy atom. The van der Waals surface area contributed by atoms with Crippen LogP contribution in [0.5, 0.6) is 0 Å². The number of nitrogens with zero attached hydrogens (tertiary/aromatic N) is 2. The fourth-order valence-corrected chi connectivity index (χ4v) is 4.15. The molecule has 2 aliphatic heterocycles. The molecule has 1 saturated carbocycles. The third-order valence-corrected chi connectivity index (χ3v) is 5.51. The van der Waals surface area contributed by atoms with Gasteiger partial charge in [0, 0.05) is 23.7 Å². The monoisotopic (exact) mass is 338 g/mol. The standard InChI is InChI=1S/C20H26N4O/c1-13(2)24-19(11-18(23-24)15-6-4-3-5-7-15)22-20(25)16-10-14-8-9-17(16)21-12-14/h3-7,11,13-14,16-17,21H,8-10,12H2,1-2H3,(H,22,25)/t14-,16+,17-/m1/s1. The Morgan fingerprint density at radius 3 is 2.68 bits per heavy atom. The molecule has 3 atom stereocenters. The highest BCUT2D eigenvalue weighted by atomic mass is 16.2. The molecule has 2 N–H and O–H groups in total. The molecule has 5 nitrogen and oxygen atoms in total. The van der Waals surface area contributed by atoms with E-state index in [9.17, 15) is 4.79 Å². The summed E-state index contributed by atoms with van der Waals surface area (Å²) >= 11 is 0. The van der Waals surface area contributed by atoms with Gasteiger partial charge in [-0.3, -0.25) is 4.79 Å². The number of piperidine rings is 2. The molecule has 1 aromatic carbocycles. The van der Waals surface area contributed by atoms with Gasteiger partial charge in [0.1, 0.15) is 5.82 Å². The first-order chi connectivity index (χ1) is 12.1. The van der Waals surface area contributed by atoms with Crippen molar-refractivity contribution in [2.45, 2.75) is 45.2 Å². The number of nitrogens with one attached hydrogen (secondary N) is 2. The average Bonchev–Trinajstić information content (AvgIpc) is 3.07. The molecule has 0 spiro atoms. The predicted molar refractivity (Wildman–Crippen MR) is 99.3 cm³/mol. The molecule has 2 aromatic rings. The van der Waals surface area contributed by atoms with Crippen LogP contribution in [0.4, 0.5) is 5.82 Å². The molecule has 3 heterocycles. The van der Waals surface area contributed by atoms with Gasteiger partial charge in [-0.15, -0.1) is 0 Å². The maximum atomic E-state index is 12.9. The Bertz CT molecular complexity index is 744. The van der Waals surface area contributed by atoms with E-state index in [2.05, 4.69) is 24.5 Å². The van der Waals surface area contributed by atoms with Crippen LogP contribution >= 0.6 is 0 Å². The Morgan fingerprint density at radius 1 is 1.28 bits per heavy atom. The van der Waals surface area contributed by atoms with Crippen molar-refractivity contribution in [2.75, 3.05) is 11.9 Å². The highest BCUT2D eigenvalue weighted by Crippen LogP contribution is 2.34. The van der Waals surface area contributed by atoms with Crippen LogP contribution in [-0.2, 0) is 4.79 Å².